The van der Waals surface area contributed by atoms with Gasteiger partial charge >= 0.3 is 0 Å². The molecule has 0 bridgehead atoms. The molecule has 1 aromatic carbocycles. The lowest BCUT2D eigenvalue weighted by atomic mass is 9.85. The second-order valence-corrected chi connectivity index (χ2v) is 6.18. The van der Waals surface area contributed by atoms with E-state index in [1.165, 1.54) is 0 Å². The van der Waals surface area contributed by atoms with Crippen LogP contribution >= 0.6 is 11.6 Å². The van der Waals surface area contributed by atoms with Gasteiger partial charge in [-0.3, -0.25) is 4.79 Å². The third kappa shape index (κ3) is 1.35. The Labute approximate surface area is 106 Å². The first-order chi connectivity index (χ1) is 7.98. The lowest BCUT2D eigenvalue weighted by molar-refractivity contribution is 0.0872. The van der Waals surface area contributed by atoms with E-state index >= 15 is 0 Å². The molecule has 2 heteroatoms. The highest BCUT2D eigenvalue weighted by atomic mass is 35.5. The van der Waals surface area contributed by atoms with Gasteiger partial charge in [0.05, 0.1) is 0 Å². The number of rotatable bonds is 0. The van der Waals surface area contributed by atoms with Gasteiger partial charge in [-0.15, -0.1) is 0 Å². The summed E-state index contributed by atoms with van der Waals surface area (Å²) in [5.74, 6) is 0.269. The zero-order chi connectivity index (χ0) is 12.3. The van der Waals surface area contributed by atoms with Gasteiger partial charge in [-0.05, 0) is 18.3 Å². The molecule has 1 saturated carbocycles. The number of allylic oxidation sites excluding steroid dienone is 1. The number of hydrogen-bond donors (Lipinski definition) is 0. The molecule has 1 aromatic rings. The number of fused-ring (bicyclic) bond motifs is 1. The van der Waals surface area contributed by atoms with E-state index in [4.69, 9.17) is 11.6 Å². The van der Waals surface area contributed by atoms with E-state index in [1.807, 2.05) is 30.3 Å². The number of Topliss-reactive ketones (excluding diaryl/α,β-unsaturated/α-hetero) is 1. The molecule has 88 valence electrons. The monoisotopic (exact) mass is 246 g/mol. The van der Waals surface area contributed by atoms with Crippen molar-refractivity contribution in [3.63, 3.8) is 0 Å². The number of halogens is 1. The van der Waals surface area contributed by atoms with Crippen molar-refractivity contribution >= 4 is 22.4 Å². The quantitative estimate of drug-likeness (QED) is 0.668. The molecule has 1 atom stereocenters. The maximum absolute atomic E-state index is 12.7. The molecular weight excluding hydrogens is 232 g/mol. The molecule has 0 aliphatic heterocycles. The van der Waals surface area contributed by atoms with Crippen LogP contribution in [0.3, 0.4) is 0 Å². The van der Waals surface area contributed by atoms with E-state index < -0.39 is 0 Å². The SMILES string of the molecule is CC1(C)CC12CC=C(Cl)c1ccccc1C2=O. The van der Waals surface area contributed by atoms with Crippen LogP contribution in [0, 0.1) is 10.8 Å². The number of hydrogen-bond acceptors (Lipinski definition) is 1. The number of carbonyl (C=O) groups excluding carboxylic acids is 1. The average Bonchev–Trinajstić information content (AvgIpc) is 2.90. The summed E-state index contributed by atoms with van der Waals surface area (Å²) in [5, 5.41) is 0.716. The Morgan fingerprint density at radius 1 is 1.18 bits per heavy atom. The lowest BCUT2D eigenvalue weighted by Gasteiger charge is -2.16. The standard InChI is InChI=1S/C15H15ClO/c1-14(2)9-15(14)8-7-12(16)10-5-3-4-6-11(10)13(15)17/h3-7H,8-9H2,1-2H3. The fourth-order valence-corrected chi connectivity index (χ4v) is 3.30. The van der Waals surface area contributed by atoms with Crippen LogP contribution in [-0.4, -0.2) is 5.78 Å². The predicted molar refractivity (Wildman–Crippen MR) is 70.1 cm³/mol. The summed E-state index contributed by atoms with van der Waals surface area (Å²) < 4.78 is 0. The fourth-order valence-electron chi connectivity index (χ4n) is 3.06. The molecule has 17 heavy (non-hydrogen) atoms. The van der Waals surface area contributed by atoms with Crippen molar-refractivity contribution in [2.75, 3.05) is 0 Å². The maximum Gasteiger partial charge on any atom is 0.170 e. The van der Waals surface area contributed by atoms with Gasteiger partial charge in [0.1, 0.15) is 0 Å². The Morgan fingerprint density at radius 3 is 2.35 bits per heavy atom. The molecule has 0 aromatic heterocycles. The van der Waals surface area contributed by atoms with Gasteiger partial charge in [0, 0.05) is 21.6 Å². The summed E-state index contributed by atoms with van der Waals surface area (Å²) >= 11 is 6.27. The summed E-state index contributed by atoms with van der Waals surface area (Å²) in [7, 11) is 0. The number of benzene rings is 1. The van der Waals surface area contributed by atoms with E-state index in [0.29, 0.717) is 5.03 Å². The normalized spacial score (nSPS) is 29.6. The average molecular weight is 247 g/mol. The molecule has 1 unspecified atom stereocenters. The lowest BCUT2D eigenvalue weighted by Crippen LogP contribution is -2.20. The Kier molecular flexibility index (Phi) is 2.10. The van der Waals surface area contributed by atoms with Crippen LogP contribution in [0.15, 0.2) is 30.3 Å². The van der Waals surface area contributed by atoms with Gasteiger partial charge in [0.15, 0.2) is 5.78 Å². The molecule has 1 fully saturated rings. The molecule has 2 aliphatic carbocycles. The molecule has 1 spiro atoms. The molecule has 1 nitrogen and oxygen atoms in total. The molecule has 3 rings (SSSR count). The first-order valence-electron chi connectivity index (χ1n) is 5.98. The van der Waals surface area contributed by atoms with E-state index in [1.54, 1.807) is 0 Å². The number of carbonyl (C=O) groups is 1. The van der Waals surface area contributed by atoms with Gasteiger partial charge in [0.25, 0.3) is 0 Å². The first kappa shape index (κ1) is 11.0. The minimum absolute atomic E-state index is 0.106. The van der Waals surface area contributed by atoms with E-state index in [9.17, 15) is 4.79 Å². The maximum atomic E-state index is 12.7. The summed E-state index contributed by atoms with van der Waals surface area (Å²) in [6.45, 7) is 4.33. The Bertz CT molecular complexity index is 542. The molecule has 0 radical (unpaired) electrons. The van der Waals surface area contributed by atoms with Crippen LogP contribution in [-0.2, 0) is 0 Å². The summed E-state index contributed by atoms with van der Waals surface area (Å²) in [6.07, 6.45) is 3.75. The van der Waals surface area contributed by atoms with Crippen LogP contribution < -0.4 is 0 Å². The van der Waals surface area contributed by atoms with Crippen molar-refractivity contribution in [2.24, 2.45) is 10.8 Å². The highest BCUT2D eigenvalue weighted by Gasteiger charge is 2.65. The Balaban J connectivity index is 2.19. The molecule has 2 aliphatic rings. The summed E-state index contributed by atoms with van der Waals surface area (Å²) in [6, 6.07) is 7.67. The largest absolute Gasteiger partial charge is 0.293 e. The zero-order valence-corrected chi connectivity index (χ0v) is 10.8. The highest BCUT2D eigenvalue weighted by molar-refractivity contribution is 6.49. The highest BCUT2D eigenvalue weighted by Crippen LogP contribution is 2.68. The predicted octanol–water partition coefficient (Wildman–Crippen LogP) is 4.27. The van der Waals surface area contributed by atoms with Crippen LogP contribution in [0.2, 0.25) is 0 Å². The van der Waals surface area contributed by atoms with Crippen LogP contribution in [0.25, 0.3) is 5.03 Å². The first-order valence-corrected chi connectivity index (χ1v) is 6.36. The molecule has 0 saturated heterocycles. The molecule has 0 amide bonds. The van der Waals surface area contributed by atoms with E-state index in [-0.39, 0.29) is 16.6 Å². The van der Waals surface area contributed by atoms with Gasteiger partial charge in [-0.1, -0.05) is 55.8 Å². The van der Waals surface area contributed by atoms with Crippen molar-refractivity contribution in [2.45, 2.75) is 26.7 Å². The topological polar surface area (TPSA) is 17.1 Å². The van der Waals surface area contributed by atoms with Crippen molar-refractivity contribution in [3.05, 3.63) is 41.5 Å². The molecular formula is C15H15ClO. The van der Waals surface area contributed by atoms with Gasteiger partial charge in [-0.2, -0.15) is 0 Å². The van der Waals surface area contributed by atoms with Gasteiger partial charge < -0.3 is 0 Å². The Morgan fingerprint density at radius 2 is 1.76 bits per heavy atom. The van der Waals surface area contributed by atoms with Crippen molar-refractivity contribution in [1.29, 1.82) is 0 Å². The van der Waals surface area contributed by atoms with Crippen molar-refractivity contribution in [1.82, 2.24) is 0 Å². The summed E-state index contributed by atoms with van der Waals surface area (Å²) in [5.41, 5.74) is 1.57. The number of ketones is 1. The van der Waals surface area contributed by atoms with Crippen LogP contribution in [0.5, 0.6) is 0 Å². The molecule has 0 heterocycles. The van der Waals surface area contributed by atoms with E-state index in [2.05, 4.69) is 13.8 Å². The van der Waals surface area contributed by atoms with Crippen LogP contribution in [0.1, 0.15) is 42.6 Å². The third-order valence-electron chi connectivity index (χ3n) is 4.41. The van der Waals surface area contributed by atoms with Crippen molar-refractivity contribution < 1.29 is 4.79 Å². The smallest absolute Gasteiger partial charge is 0.170 e. The second-order valence-electron chi connectivity index (χ2n) is 5.77. The van der Waals surface area contributed by atoms with Crippen LogP contribution in [0.4, 0.5) is 0 Å². The van der Waals surface area contributed by atoms with Crippen molar-refractivity contribution in [3.8, 4) is 0 Å². The van der Waals surface area contributed by atoms with Gasteiger partial charge in [0.2, 0.25) is 0 Å². The zero-order valence-electron chi connectivity index (χ0n) is 10.1. The van der Waals surface area contributed by atoms with E-state index in [0.717, 1.165) is 24.0 Å². The minimum atomic E-state index is -0.209. The Hall–Kier alpha value is -1.08. The minimum Gasteiger partial charge on any atom is -0.293 e. The summed E-state index contributed by atoms with van der Waals surface area (Å²) in [4.78, 5) is 12.7. The molecule has 0 N–H and O–H groups in total. The van der Waals surface area contributed by atoms with Gasteiger partial charge in [-0.25, -0.2) is 0 Å². The fraction of sp³-hybridized carbons (Fsp3) is 0.400. The third-order valence-corrected chi connectivity index (χ3v) is 4.77. The second kappa shape index (κ2) is 3.23.